The van der Waals surface area contributed by atoms with Crippen LogP contribution in [0.3, 0.4) is 0 Å². The van der Waals surface area contributed by atoms with Gasteiger partial charge in [0.05, 0.1) is 12.7 Å². The van der Waals surface area contributed by atoms with Crippen molar-refractivity contribution in [3.63, 3.8) is 0 Å². The maximum Gasteiger partial charge on any atom is 0.347 e. The summed E-state index contributed by atoms with van der Waals surface area (Å²) in [7, 11) is 1.90. The van der Waals surface area contributed by atoms with Gasteiger partial charge in [0.15, 0.2) is 5.13 Å². The van der Waals surface area contributed by atoms with Crippen LogP contribution in [-0.4, -0.2) is 25.6 Å². The summed E-state index contributed by atoms with van der Waals surface area (Å²) in [5.74, 6) is -0.0883. The molecule has 0 saturated heterocycles. The van der Waals surface area contributed by atoms with Crippen molar-refractivity contribution in [1.82, 2.24) is 14.5 Å². The first-order valence-electron chi connectivity index (χ1n) is 4.56. The predicted molar refractivity (Wildman–Crippen MR) is 59.6 cm³/mol. The van der Waals surface area contributed by atoms with Gasteiger partial charge in [-0.2, -0.15) is 0 Å². The van der Waals surface area contributed by atoms with Crippen molar-refractivity contribution in [2.45, 2.75) is 6.54 Å². The van der Waals surface area contributed by atoms with Crippen molar-refractivity contribution < 1.29 is 9.90 Å². The highest BCUT2D eigenvalue weighted by Gasteiger charge is 2.08. The second kappa shape index (κ2) is 4.31. The van der Waals surface area contributed by atoms with E-state index < -0.39 is 5.97 Å². The van der Waals surface area contributed by atoms with Crippen molar-refractivity contribution in [2.24, 2.45) is 7.05 Å². The molecule has 0 amide bonds. The van der Waals surface area contributed by atoms with Crippen molar-refractivity contribution >= 4 is 22.4 Å². The molecule has 84 valence electrons. The van der Waals surface area contributed by atoms with Gasteiger partial charge < -0.3 is 15.0 Å². The Morgan fingerprint density at radius 2 is 2.44 bits per heavy atom. The zero-order chi connectivity index (χ0) is 11.5. The number of nitrogens with zero attached hydrogens (tertiary/aromatic N) is 3. The lowest BCUT2D eigenvalue weighted by Gasteiger charge is -2.01. The Morgan fingerprint density at radius 1 is 1.62 bits per heavy atom. The lowest BCUT2D eigenvalue weighted by molar-refractivity contribution is 0.0702. The summed E-state index contributed by atoms with van der Waals surface area (Å²) >= 11 is 1.11. The second-order valence-electron chi connectivity index (χ2n) is 3.14. The highest BCUT2D eigenvalue weighted by Crippen LogP contribution is 2.18. The molecule has 0 fully saturated rings. The fourth-order valence-corrected chi connectivity index (χ4v) is 1.83. The van der Waals surface area contributed by atoms with Crippen LogP contribution in [0.4, 0.5) is 5.13 Å². The van der Waals surface area contributed by atoms with Gasteiger partial charge in [-0.25, -0.2) is 14.8 Å². The second-order valence-corrected chi connectivity index (χ2v) is 4.17. The van der Waals surface area contributed by atoms with Gasteiger partial charge in [-0.1, -0.05) is 11.3 Å². The number of anilines is 1. The Labute approximate surface area is 95.6 Å². The number of carboxylic acid groups (broad SMARTS) is 1. The number of aromatic nitrogens is 3. The molecular formula is C9H10N4O2S. The van der Waals surface area contributed by atoms with E-state index in [0.29, 0.717) is 11.7 Å². The van der Waals surface area contributed by atoms with Crippen molar-refractivity contribution in [1.29, 1.82) is 0 Å². The van der Waals surface area contributed by atoms with E-state index in [4.69, 9.17) is 5.11 Å². The molecular weight excluding hydrogens is 228 g/mol. The lowest BCUT2D eigenvalue weighted by Crippen LogP contribution is -2.05. The average molecular weight is 238 g/mol. The quantitative estimate of drug-likeness (QED) is 0.836. The summed E-state index contributed by atoms with van der Waals surface area (Å²) in [5, 5.41) is 12.3. The van der Waals surface area contributed by atoms with Crippen molar-refractivity contribution in [3.8, 4) is 0 Å². The molecule has 0 unspecified atom stereocenters. The Morgan fingerprint density at radius 3 is 3.00 bits per heavy atom. The van der Waals surface area contributed by atoms with Crippen LogP contribution in [0.2, 0.25) is 0 Å². The Hall–Kier alpha value is -1.89. The Bertz CT molecular complexity index is 505. The number of rotatable bonds is 4. The maximum absolute atomic E-state index is 10.6. The molecule has 2 heterocycles. The number of carboxylic acids is 1. The molecule has 0 spiro atoms. The summed E-state index contributed by atoms with van der Waals surface area (Å²) in [6.07, 6.45) is 4.90. The molecule has 2 aromatic rings. The number of hydrogen-bond acceptors (Lipinski definition) is 5. The van der Waals surface area contributed by atoms with Crippen LogP contribution in [-0.2, 0) is 13.6 Å². The molecule has 0 radical (unpaired) electrons. The van der Waals surface area contributed by atoms with Crippen LogP contribution < -0.4 is 5.32 Å². The topological polar surface area (TPSA) is 80.0 Å². The molecule has 2 aromatic heterocycles. The first-order chi connectivity index (χ1) is 7.66. The van der Waals surface area contributed by atoms with Crippen LogP contribution in [0, 0.1) is 0 Å². The van der Waals surface area contributed by atoms with Crippen LogP contribution >= 0.6 is 11.3 Å². The summed E-state index contributed by atoms with van der Waals surface area (Å²) < 4.78 is 1.89. The highest BCUT2D eigenvalue weighted by atomic mass is 32.1. The molecule has 6 nitrogen and oxygen atoms in total. The van der Waals surface area contributed by atoms with Gasteiger partial charge in [-0.3, -0.25) is 0 Å². The van der Waals surface area contributed by atoms with Gasteiger partial charge in [0, 0.05) is 19.4 Å². The molecule has 0 aromatic carbocycles. The minimum atomic E-state index is -0.956. The summed E-state index contributed by atoms with van der Waals surface area (Å²) in [6.45, 7) is 0.524. The molecule has 7 heteroatoms. The minimum absolute atomic E-state index is 0.224. The van der Waals surface area contributed by atoms with Crippen LogP contribution in [0.25, 0.3) is 0 Å². The third-order valence-corrected chi connectivity index (χ3v) is 2.98. The number of nitrogens with one attached hydrogen (secondary N) is 1. The first-order valence-corrected chi connectivity index (χ1v) is 5.37. The van der Waals surface area contributed by atoms with Crippen LogP contribution in [0.15, 0.2) is 18.6 Å². The number of imidazole rings is 1. The molecule has 16 heavy (non-hydrogen) atoms. The molecule has 2 rings (SSSR count). The SMILES string of the molecule is Cn1ccnc1CNc1ncc(C(=O)O)s1. The normalized spacial score (nSPS) is 10.3. The zero-order valence-electron chi connectivity index (χ0n) is 8.54. The van der Waals surface area contributed by atoms with Crippen molar-refractivity contribution in [3.05, 3.63) is 29.3 Å². The molecule has 0 saturated carbocycles. The van der Waals surface area contributed by atoms with Gasteiger partial charge in [-0.15, -0.1) is 0 Å². The van der Waals surface area contributed by atoms with E-state index in [1.54, 1.807) is 6.20 Å². The Kier molecular flexibility index (Phi) is 2.86. The number of aromatic carboxylic acids is 1. The molecule has 0 aliphatic heterocycles. The van der Waals surface area contributed by atoms with Gasteiger partial charge in [0.1, 0.15) is 10.7 Å². The summed E-state index contributed by atoms with van der Waals surface area (Å²) in [6, 6.07) is 0. The number of aryl methyl sites for hydroxylation is 1. The third-order valence-electron chi connectivity index (χ3n) is 2.04. The van der Waals surface area contributed by atoms with Crippen LogP contribution in [0.1, 0.15) is 15.5 Å². The molecule has 0 bridgehead atoms. The van der Waals surface area contributed by atoms with E-state index in [1.807, 2.05) is 17.8 Å². The largest absolute Gasteiger partial charge is 0.477 e. The van der Waals surface area contributed by atoms with E-state index in [0.717, 1.165) is 17.2 Å². The average Bonchev–Trinajstić information content (AvgIpc) is 2.83. The summed E-state index contributed by atoms with van der Waals surface area (Å²) in [5.41, 5.74) is 0. The lowest BCUT2D eigenvalue weighted by atomic mass is 10.6. The van der Waals surface area contributed by atoms with Crippen molar-refractivity contribution in [2.75, 3.05) is 5.32 Å². The van der Waals surface area contributed by atoms with Gasteiger partial charge in [-0.05, 0) is 0 Å². The van der Waals surface area contributed by atoms with Gasteiger partial charge >= 0.3 is 5.97 Å². The van der Waals surface area contributed by atoms with Crippen LogP contribution in [0.5, 0.6) is 0 Å². The smallest absolute Gasteiger partial charge is 0.347 e. The number of thiazole rings is 1. The van der Waals surface area contributed by atoms with E-state index >= 15 is 0 Å². The first kappa shape index (κ1) is 10.6. The fourth-order valence-electron chi connectivity index (χ4n) is 1.18. The minimum Gasteiger partial charge on any atom is -0.477 e. The number of carbonyl (C=O) groups is 1. The number of hydrogen-bond donors (Lipinski definition) is 2. The predicted octanol–water partition coefficient (Wildman–Crippen LogP) is 1.19. The van der Waals surface area contributed by atoms with E-state index in [1.165, 1.54) is 6.20 Å². The van der Waals surface area contributed by atoms with E-state index in [2.05, 4.69) is 15.3 Å². The third kappa shape index (κ3) is 2.19. The van der Waals surface area contributed by atoms with Gasteiger partial charge in [0.25, 0.3) is 0 Å². The fraction of sp³-hybridized carbons (Fsp3) is 0.222. The highest BCUT2D eigenvalue weighted by molar-refractivity contribution is 7.17. The monoisotopic (exact) mass is 238 g/mol. The van der Waals surface area contributed by atoms with Gasteiger partial charge in [0.2, 0.25) is 0 Å². The summed E-state index contributed by atoms with van der Waals surface area (Å²) in [4.78, 5) is 18.9. The molecule has 2 N–H and O–H groups in total. The van der Waals surface area contributed by atoms with E-state index in [9.17, 15) is 4.79 Å². The molecule has 0 aliphatic rings. The standard InChI is InChI=1S/C9H10N4O2S/c1-13-3-2-10-7(13)5-12-9-11-4-6(16-9)8(14)15/h2-4H,5H2,1H3,(H,11,12)(H,14,15). The Balaban J connectivity index is 2.00. The van der Waals surface area contributed by atoms with E-state index in [-0.39, 0.29) is 4.88 Å². The maximum atomic E-state index is 10.6. The zero-order valence-corrected chi connectivity index (χ0v) is 9.36. The molecule has 0 aliphatic carbocycles. The molecule has 0 atom stereocenters.